The van der Waals surface area contributed by atoms with Crippen LogP contribution in [0.15, 0.2) is 30.3 Å². The minimum absolute atomic E-state index is 0.0690. The first-order chi connectivity index (χ1) is 11.5. The van der Waals surface area contributed by atoms with Gasteiger partial charge < -0.3 is 14.9 Å². The van der Waals surface area contributed by atoms with Crippen molar-refractivity contribution in [2.24, 2.45) is 5.92 Å². The average Bonchev–Trinajstić information content (AvgIpc) is 2.60. The number of carboxylic acid groups (broad SMARTS) is 1. The Hall–Kier alpha value is -2.37. The fraction of sp³-hybridized carbons (Fsp3) is 0.500. The number of nitrogens with zero attached hydrogens (tertiary/aromatic N) is 2. The van der Waals surface area contributed by atoms with Crippen molar-refractivity contribution in [3.63, 3.8) is 0 Å². The van der Waals surface area contributed by atoms with E-state index in [-0.39, 0.29) is 24.3 Å². The van der Waals surface area contributed by atoms with Crippen LogP contribution in [-0.4, -0.2) is 47.4 Å². The van der Waals surface area contributed by atoms with Crippen LogP contribution in [-0.2, 0) is 14.4 Å². The number of carboxylic acids is 1. The number of hydrogen-bond donors (Lipinski definition) is 1. The largest absolute Gasteiger partial charge is 0.480 e. The van der Waals surface area contributed by atoms with Crippen LogP contribution in [0.25, 0.3) is 0 Å². The van der Waals surface area contributed by atoms with Crippen LogP contribution in [0.4, 0.5) is 5.69 Å². The number of aliphatic carboxylic acids is 1. The number of anilines is 1. The van der Waals surface area contributed by atoms with Crippen molar-refractivity contribution in [2.45, 2.75) is 32.6 Å². The molecule has 1 fully saturated rings. The van der Waals surface area contributed by atoms with Crippen molar-refractivity contribution in [2.75, 3.05) is 24.5 Å². The predicted molar refractivity (Wildman–Crippen MR) is 90.6 cm³/mol. The van der Waals surface area contributed by atoms with Gasteiger partial charge in [0.15, 0.2) is 0 Å². The first-order valence-corrected chi connectivity index (χ1v) is 8.39. The highest BCUT2D eigenvalue weighted by Crippen LogP contribution is 2.23. The quantitative estimate of drug-likeness (QED) is 0.866. The van der Waals surface area contributed by atoms with Gasteiger partial charge in [0.25, 0.3) is 0 Å². The van der Waals surface area contributed by atoms with Crippen molar-refractivity contribution in [3.05, 3.63) is 30.3 Å². The molecule has 130 valence electrons. The fourth-order valence-corrected chi connectivity index (χ4v) is 3.04. The summed E-state index contributed by atoms with van der Waals surface area (Å²) in [6.07, 6.45) is 2.71. The summed E-state index contributed by atoms with van der Waals surface area (Å²) in [5.74, 6) is -1.56. The van der Waals surface area contributed by atoms with Crippen molar-refractivity contribution >= 4 is 23.5 Å². The summed E-state index contributed by atoms with van der Waals surface area (Å²) in [6, 6.07) is 8.82. The summed E-state index contributed by atoms with van der Waals surface area (Å²) in [5.41, 5.74) is 0.571. The Bertz CT molecular complexity index is 588. The van der Waals surface area contributed by atoms with Gasteiger partial charge in [-0.25, -0.2) is 0 Å². The van der Waals surface area contributed by atoms with E-state index in [4.69, 9.17) is 5.11 Å². The van der Waals surface area contributed by atoms with Gasteiger partial charge in [-0.2, -0.15) is 0 Å². The lowest BCUT2D eigenvalue weighted by Gasteiger charge is -2.34. The molecular weight excluding hydrogens is 308 g/mol. The number of piperidine rings is 1. The van der Waals surface area contributed by atoms with E-state index < -0.39 is 5.97 Å². The third-order valence-corrected chi connectivity index (χ3v) is 4.21. The first kappa shape index (κ1) is 18.0. The molecule has 1 aromatic carbocycles. The summed E-state index contributed by atoms with van der Waals surface area (Å²) in [4.78, 5) is 39.2. The maximum atomic E-state index is 12.9. The molecule has 2 amide bonds. The highest BCUT2D eigenvalue weighted by molar-refractivity contribution is 5.99. The molecular formula is C18H24N2O4. The zero-order valence-electron chi connectivity index (χ0n) is 14.0. The summed E-state index contributed by atoms with van der Waals surface area (Å²) >= 11 is 0. The number of rotatable bonds is 6. The Balaban J connectivity index is 2.13. The molecule has 1 aliphatic heterocycles. The topological polar surface area (TPSA) is 77.9 Å². The second-order valence-corrected chi connectivity index (χ2v) is 6.08. The smallest absolute Gasteiger partial charge is 0.323 e. The van der Waals surface area contributed by atoms with E-state index in [9.17, 15) is 14.4 Å². The number of benzene rings is 1. The van der Waals surface area contributed by atoms with Crippen molar-refractivity contribution in [1.29, 1.82) is 0 Å². The maximum Gasteiger partial charge on any atom is 0.323 e. The van der Waals surface area contributed by atoms with Gasteiger partial charge in [0, 0.05) is 25.2 Å². The zero-order valence-corrected chi connectivity index (χ0v) is 14.0. The van der Waals surface area contributed by atoms with E-state index in [1.807, 2.05) is 13.0 Å². The van der Waals surface area contributed by atoms with Gasteiger partial charge in [0.2, 0.25) is 11.8 Å². The molecule has 1 saturated heterocycles. The van der Waals surface area contributed by atoms with Gasteiger partial charge in [0.05, 0.1) is 5.92 Å². The Morgan fingerprint density at radius 1 is 1.25 bits per heavy atom. The lowest BCUT2D eigenvalue weighted by atomic mass is 9.95. The summed E-state index contributed by atoms with van der Waals surface area (Å²) in [6.45, 7) is 2.63. The Kier molecular flexibility index (Phi) is 6.35. The normalized spacial score (nSPS) is 17.4. The maximum absolute atomic E-state index is 12.9. The first-order valence-electron chi connectivity index (χ1n) is 8.39. The van der Waals surface area contributed by atoms with Gasteiger partial charge >= 0.3 is 5.97 Å². The minimum atomic E-state index is -1.05. The summed E-state index contributed by atoms with van der Waals surface area (Å²) in [7, 11) is 0. The van der Waals surface area contributed by atoms with E-state index >= 15 is 0 Å². The standard InChI is InChI=1S/C18H24N2O4/c1-2-7-16(21)19-11-6-8-14(12-19)18(24)20(13-17(22)23)15-9-4-3-5-10-15/h3-5,9-10,14H,2,6-8,11-13H2,1H3,(H,22,23). The molecule has 0 aliphatic carbocycles. The van der Waals surface area contributed by atoms with Crippen LogP contribution >= 0.6 is 0 Å². The van der Waals surface area contributed by atoms with Crippen LogP contribution in [0.3, 0.4) is 0 Å². The molecule has 6 heteroatoms. The number of para-hydroxylation sites is 1. The fourth-order valence-electron chi connectivity index (χ4n) is 3.04. The van der Waals surface area contributed by atoms with Crippen molar-refractivity contribution in [3.8, 4) is 0 Å². The van der Waals surface area contributed by atoms with Crippen molar-refractivity contribution in [1.82, 2.24) is 4.90 Å². The number of carbonyl (C=O) groups excluding carboxylic acids is 2. The molecule has 1 unspecified atom stereocenters. The summed E-state index contributed by atoms with van der Waals surface area (Å²) in [5, 5.41) is 9.14. The van der Waals surface area contributed by atoms with Crippen LogP contribution in [0.5, 0.6) is 0 Å². The highest BCUT2D eigenvalue weighted by atomic mass is 16.4. The number of hydrogen-bond acceptors (Lipinski definition) is 3. The highest BCUT2D eigenvalue weighted by Gasteiger charge is 2.32. The third kappa shape index (κ3) is 4.57. The second-order valence-electron chi connectivity index (χ2n) is 6.08. The van der Waals surface area contributed by atoms with E-state index in [1.165, 1.54) is 4.90 Å². The molecule has 1 N–H and O–H groups in total. The molecule has 1 atom stereocenters. The molecule has 0 radical (unpaired) electrons. The molecule has 0 spiro atoms. The molecule has 1 aliphatic rings. The molecule has 0 aromatic heterocycles. The SMILES string of the molecule is CCCC(=O)N1CCCC(C(=O)N(CC(=O)O)c2ccccc2)C1. The van der Waals surface area contributed by atoms with Crippen LogP contribution < -0.4 is 4.90 Å². The predicted octanol–water partition coefficient (Wildman–Crippen LogP) is 2.14. The van der Waals surface area contributed by atoms with Crippen LogP contribution in [0.2, 0.25) is 0 Å². The number of likely N-dealkylation sites (tertiary alicyclic amines) is 1. The van der Waals surface area contributed by atoms with Gasteiger partial charge in [-0.05, 0) is 31.4 Å². The second kappa shape index (κ2) is 8.47. The van der Waals surface area contributed by atoms with Crippen LogP contribution in [0.1, 0.15) is 32.6 Å². The molecule has 1 heterocycles. The summed E-state index contributed by atoms with van der Waals surface area (Å²) < 4.78 is 0. The lowest BCUT2D eigenvalue weighted by molar-refractivity contribution is -0.139. The molecule has 0 saturated carbocycles. The van der Waals surface area contributed by atoms with E-state index in [1.54, 1.807) is 29.2 Å². The van der Waals surface area contributed by atoms with Gasteiger partial charge in [0.1, 0.15) is 6.54 Å². The number of carbonyl (C=O) groups is 3. The third-order valence-electron chi connectivity index (χ3n) is 4.21. The van der Waals surface area contributed by atoms with E-state index in [2.05, 4.69) is 0 Å². The molecule has 24 heavy (non-hydrogen) atoms. The van der Waals surface area contributed by atoms with E-state index in [0.29, 0.717) is 31.6 Å². The Morgan fingerprint density at radius 3 is 2.58 bits per heavy atom. The number of amides is 2. The van der Waals surface area contributed by atoms with Gasteiger partial charge in [-0.3, -0.25) is 14.4 Å². The van der Waals surface area contributed by atoms with Crippen molar-refractivity contribution < 1.29 is 19.5 Å². The van der Waals surface area contributed by atoms with Crippen LogP contribution in [0, 0.1) is 5.92 Å². The lowest BCUT2D eigenvalue weighted by Crippen LogP contribution is -2.48. The van der Waals surface area contributed by atoms with Gasteiger partial charge in [-0.15, -0.1) is 0 Å². The monoisotopic (exact) mass is 332 g/mol. The molecule has 1 aromatic rings. The average molecular weight is 332 g/mol. The molecule has 2 rings (SSSR count). The Morgan fingerprint density at radius 2 is 1.96 bits per heavy atom. The minimum Gasteiger partial charge on any atom is -0.480 e. The molecule has 0 bridgehead atoms. The van der Waals surface area contributed by atoms with Gasteiger partial charge in [-0.1, -0.05) is 25.1 Å². The Labute approximate surface area is 142 Å². The molecule has 6 nitrogen and oxygen atoms in total. The van der Waals surface area contributed by atoms with E-state index in [0.717, 1.165) is 12.8 Å². The zero-order chi connectivity index (χ0) is 17.5.